The summed E-state index contributed by atoms with van der Waals surface area (Å²) in [6.45, 7) is 19.5. The lowest BCUT2D eigenvalue weighted by atomic mass is 10.7. The highest BCUT2D eigenvalue weighted by molar-refractivity contribution is 6.76. The molecule has 0 saturated heterocycles. The van der Waals surface area contributed by atoms with Crippen LogP contribution in [-0.4, -0.2) is 40.5 Å². The summed E-state index contributed by atoms with van der Waals surface area (Å²) in [6.07, 6.45) is 3.55. The minimum Gasteiger partial charge on any atom is -0.466 e. The predicted molar refractivity (Wildman–Crippen MR) is 89.0 cm³/mol. The van der Waals surface area contributed by atoms with Crippen LogP contribution in [0.15, 0.2) is 25.3 Å². The van der Waals surface area contributed by atoms with E-state index in [4.69, 9.17) is 9.47 Å². The van der Waals surface area contributed by atoms with Gasteiger partial charge < -0.3 is 9.47 Å². The fourth-order valence-electron chi connectivity index (χ4n) is 0.693. The average Bonchev–Trinajstić information content (AvgIpc) is 2.31. The number of esters is 2. The van der Waals surface area contributed by atoms with Gasteiger partial charge in [0.25, 0.3) is 0 Å². The maximum Gasteiger partial charge on any atom is 0.329 e. The molecule has 0 aliphatic heterocycles. The number of carbonyl (C=O) groups excluding carboxylic acids is 2. The quantitative estimate of drug-likeness (QED) is 0.429. The summed E-state index contributed by atoms with van der Waals surface area (Å²) in [5.41, 5.74) is 0. The molecule has 20 heavy (non-hydrogen) atoms. The first kappa shape index (κ1) is 21.2. The van der Waals surface area contributed by atoms with Crippen molar-refractivity contribution in [1.82, 2.24) is 0 Å². The van der Waals surface area contributed by atoms with Crippen molar-refractivity contribution in [3.05, 3.63) is 25.3 Å². The number of carbonyl (C=O) groups is 2. The van der Waals surface area contributed by atoms with E-state index in [9.17, 15) is 9.59 Å². The Balaban J connectivity index is 0. The second kappa shape index (κ2) is 9.71. The summed E-state index contributed by atoms with van der Waals surface area (Å²) in [5.74, 6) is -0.634. The summed E-state index contributed by atoms with van der Waals surface area (Å²) in [6, 6.07) is 0. The molecule has 0 aliphatic carbocycles. The molecule has 0 bridgehead atoms. The SMILES string of the molecule is C=CC(=O)OC[Si](C)(C)C.C=CC(=O)OC[Si](C)(C)C. The lowest BCUT2D eigenvalue weighted by Gasteiger charge is -2.14. The summed E-state index contributed by atoms with van der Waals surface area (Å²) >= 11 is 0. The Hall–Kier alpha value is -1.15. The standard InChI is InChI=1S/2C7H14O2Si/c2*1-5-7(8)9-6-10(2,3)4/h2*5H,1,6H2,2-4H3. The fourth-order valence-corrected chi connectivity index (χ4v) is 1.84. The van der Waals surface area contributed by atoms with E-state index in [1.54, 1.807) is 0 Å². The minimum absolute atomic E-state index is 0.317. The van der Waals surface area contributed by atoms with Crippen molar-refractivity contribution in [3.63, 3.8) is 0 Å². The second-order valence-electron chi connectivity index (χ2n) is 6.74. The molecule has 0 atom stereocenters. The molecule has 0 rings (SSSR count). The highest BCUT2D eigenvalue weighted by Gasteiger charge is 2.15. The van der Waals surface area contributed by atoms with Crippen LogP contribution in [-0.2, 0) is 19.1 Å². The van der Waals surface area contributed by atoms with Gasteiger partial charge in [0.1, 0.15) is 0 Å². The maximum atomic E-state index is 10.5. The topological polar surface area (TPSA) is 52.6 Å². The number of rotatable bonds is 6. The van der Waals surface area contributed by atoms with Crippen LogP contribution >= 0.6 is 0 Å². The monoisotopic (exact) mass is 316 g/mol. The molecule has 4 nitrogen and oxygen atoms in total. The van der Waals surface area contributed by atoms with E-state index in [1.807, 2.05) is 0 Å². The van der Waals surface area contributed by atoms with Crippen molar-refractivity contribution in [3.8, 4) is 0 Å². The lowest BCUT2D eigenvalue weighted by molar-refractivity contribution is -0.136. The molecule has 0 unspecified atom stereocenters. The normalized spacial score (nSPS) is 10.7. The van der Waals surface area contributed by atoms with Crippen molar-refractivity contribution < 1.29 is 19.1 Å². The predicted octanol–water partition coefficient (Wildman–Crippen LogP) is 3.19. The van der Waals surface area contributed by atoms with Crippen molar-refractivity contribution in [2.24, 2.45) is 0 Å². The van der Waals surface area contributed by atoms with E-state index in [-0.39, 0.29) is 11.9 Å². The van der Waals surface area contributed by atoms with Crippen LogP contribution in [0.3, 0.4) is 0 Å². The molecule has 0 amide bonds. The Labute approximate surface area is 124 Å². The van der Waals surface area contributed by atoms with Gasteiger partial charge in [-0.3, -0.25) is 0 Å². The van der Waals surface area contributed by atoms with Crippen LogP contribution in [0.1, 0.15) is 0 Å². The number of hydrogen-bond donors (Lipinski definition) is 0. The van der Waals surface area contributed by atoms with Gasteiger partial charge in [0.2, 0.25) is 0 Å². The van der Waals surface area contributed by atoms with Gasteiger partial charge >= 0.3 is 11.9 Å². The van der Waals surface area contributed by atoms with Gasteiger partial charge in [0.05, 0.1) is 28.6 Å². The number of hydrogen-bond acceptors (Lipinski definition) is 4. The van der Waals surface area contributed by atoms with E-state index in [0.29, 0.717) is 12.5 Å². The van der Waals surface area contributed by atoms with E-state index < -0.39 is 16.1 Å². The zero-order chi connectivity index (χ0) is 16.4. The number of ether oxygens (including phenoxy) is 2. The molecule has 0 aromatic heterocycles. The van der Waals surface area contributed by atoms with E-state index in [2.05, 4.69) is 52.4 Å². The molecule has 0 aliphatic rings. The molecular formula is C14H28O4Si2. The van der Waals surface area contributed by atoms with Gasteiger partial charge in [0, 0.05) is 12.2 Å². The Morgan fingerprint density at radius 2 is 1.05 bits per heavy atom. The van der Waals surface area contributed by atoms with Gasteiger partial charge in [0.15, 0.2) is 0 Å². The third kappa shape index (κ3) is 19.2. The first-order chi connectivity index (χ1) is 8.91. The molecule has 0 radical (unpaired) electrons. The summed E-state index contributed by atoms with van der Waals surface area (Å²) in [4.78, 5) is 21.1. The molecule has 0 N–H and O–H groups in total. The molecule has 0 spiro atoms. The van der Waals surface area contributed by atoms with Crippen molar-refractivity contribution in [1.29, 1.82) is 0 Å². The largest absolute Gasteiger partial charge is 0.466 e. The molecule has 0 fully saturated rings. The molecule has 116 valence electrons. The molecular weight excluding hydrogens is 288 g/mol. The van der Waals surface area contributed by atoms with E-state index in [0.717, 1.165) is 0 Å². The van der Waals surface area contributed by atoms with E-state index >= 15 is 0 Å². The molecule has 0 saturated carbocycles. The minimum atomic E-state index is -1.23. The van der Waals surface area contributed by atoms with Crippen LogP contribution in [0, 0.1) is 0 Å². The van der Waals surface area contributed by atoms with Crippen molar-refractivity contribution in [2.45, 2.75) is 39.3 Å². The molecule has 0 heterocycles. The van der Waals surface area contributed by atoms with Crippen LogP contribution in [0.5, 0.6) is 0 Å². The van der Waals surface area contributed by atoms with Crippen LogP contribution in [0.4, 0.5) is 0 Å². The Kier molecular flexibility index (Phi) is 10.3. The van der Waals surface area contributed by atoms with Gasteiger partial charge in [-0.1, -0.05) is 52.4 Å². The van der Waals surface area contributed by atoms with Gasteiger partial charge in [-0.05, 0) is 0 Å². The summed E-state index contributed by atoms with van der Waals surface area (Å²) in [7, 11) is -2.45. The molecule has 0 aromatic rings. The van der Waals surface area contributed by atoms with Gasteiger partial charge in [-0.25, -0.2) is 9.59 Å². The van der Waals surface area contributed by atoms with Crippen LogP contribution in [0.25, 0.3) is 0 Å². The average molecular weight is 317 g/mol. The highest BCUT2D eigenvalue weighted by atomic mass is 28.3. The summed E-state index contributed by atoms with van der Waals surface area (Å²) < 4.78 is 9.72. The van der Waals surface area contributed by atoms with Gasteiger partial charge in [-0.2, -0.15) is 0 Å². The van der Waals surface area contributed by atoms with Crippen molar-refractivity contribution >= 4 is 28.1 Å². The zero-order valence-corrected chi connectivity index (χ0v) is 15.6. The third-order valence-electron chi connectivity index (χ3n) is 1.63. The van der Waals surface area contributed by atoms with Crippen molar-refractivity contribution in [2.75, 3.05) is 12.5 Å². The highest BCUT2D eigenvalue weighted by Crippen LogP contribution is 2.01. The Morgan fingerprint density at radius 3 is 1.20 bits per heavy atom. The zero-order valence-electron chi connectivity index (χ0n) is 13.6. The molecule has 6 heteroatoms. The van der Waals surface area contributed by atoms with Gasteiger partial charge in [-0.15, -0.1) is 0 Å². The first-order valence-corrected chi connectivity index (χ1v) is 13.9. The fraction of sp³-hybridized carbons (Fsp3) is 0.571. The smallest absolute Gasteiger partial charge is 0.329 e. The van der Waals surface area contributed by atoms with Crippen LogP contribution in [0.2, 0.25) is 39.3 Å². The Bertz CT molecular complexity index is 304. The van der Waals surface area contributed by atoms with E-state index in [1.165, 1.54) is 12.2 Å². The van der Waals surface area contributed by atoms with Crippen LogP contribution < -0.4 is 0 Å². The maximum absolute atomic E-state index is 10.5. The molecule has 0 aromatic carbocycles. The second-order valence-corrected chi connectivity index (χ2v) is 17.6. The third-order valence-corrected chi connectivity index (χ3v) is 3.65. The first-order valence-electron chi connectivity index (χ1n) is 6.49. The Morgan fingerprint density at radius 1 is 0.800 bits per heavy atom. The lowest BCUT2D eigenvalue weighted by Crippen LogP contribution is -2.29. The summed E-state index contributed by atoms with van der Waals surface area (Å²) in [5, 5.41) is 0.